The lowest BCUT2D eigenvalue weighted by atomic mass is 9.96. The van der Waals surface area contributed by atoms with E-state index in [1.807, 2.05) is 20.8 Å². The standard InChI is InChI=1S/C23H26N4O5/c1-23(2,3)21-26-20(32-27-21)18-11-6-5-10-17(18)19(28)24-15-8-7-9-16(14-15)25-22(29)31-13-12-30-4/h5-11,14H,12-13H2,1-4H3,(H,24,28)(H,25,29). The molecule has 0 fully saturated rings. The van der Waals surface area contributed by atoms with Gasteiger partial charge in [0, 0.05) is 23.9 Å². The Balaban J connectivity index is 1.75. The Kier molecular flexibility index (Phi) is 7.21. The van der Waals surface area contributed by atoms with Crippen LogP contribution < -0.4 is 10.6 Å². The first-order chi connectivity index (χ1) is 15.3. The first-order valence-electron chi connectivity index (χ1n) is 10.1. The summed E-state index contributed by atoms with van der Waals surface area (Å²) in [6.07, 6.45) is -0.609. The Morgan fingerprint density at radius 1 is 1.00 bits per heavy atom. The zero-order valence-corrected chi connectivity index (χ0v) is 18.5. The molecule has 0 aliphatic rings. The number of aromatic nitrogens is 2. The SMILES string of the molecule is COCCOC(=O)Nc1cccc(NC(=O)c2ccccc2-c2nc(C(C)(C)C)no2)c1. The summed E-state index contributed by atoms with van der Waals surface area (Å²) in [5.74, 6) is 0.477. The van der Waals surface area contributed by atoms with Crippen molar-refractivity contribution in [1.29, 1.82) is 0 Å². The quantitative estimate of drug-likeness (QED) is 0.523. The summed E-state index contributed by atoms with van der Waals surface area (Å²) in [5.41, 5.74) is 1.61. The van der Waals surface area contributed by atoms with Crippen molar-refractivity contribution >= 4 is 23.4 Å². The van der Waals surface area contributed by atoms with Gasteiger partial charge in [-0.15, -0.1) is 0 Å². The van der Waals surface area contributed by atoms with Crippen molar-refractivity contribution in [3.8, 4) is 11.5 Å². The van der Waals surface area contributed by atoms with Gasteiger partial charge in [-0.2, -0.15) is 4.98 Å². The van der Waals surface area contributed by atoms with Gasteiger partial charge in [-0.1, -0.05) is 44.1 Å². The van der Waals surface area contributed by atoms with Crippen molar-refractivity contribution in [2.24, 2.45) is 0 Å². The number of nitrogens with zero attached hydrogens (tertiary/aromatic N) is 2. The number of carbonyl (C=O) groups is 2. The maximum Gasteiger partial charge on any atom is 0.411 e. The van der Waals surface area contributed by atoms with Crippen molar-refractivity contribution in [3.05, 3.63) is 59.9 Å². The van der Waals surface area contributed by atoms with E-state index in [-0.39, 0.29) is 23.8 Å². The smallest absolute Gasteiger partial charge is 0.411 e. The van der Waals surface area contributed by atoms with E-state index in [1.165, 1.54) is 7.11 Å². The van der Waals surface area contributed by atoms with Crippen molar-refractivity contribution in [2.75, 3.05) is 31.0 Å². The lowest BCUT2D eigenvalue weighted by Gasteiger charge is -2.11. The van der Waals surface area contributed by atoms with Crippen molar-refractivity contribution in [3.63, 3.8) is 0 Å². The molecule has 0 saturated heterocycles. The van der Waals surface area contributed by atoms with Crippen molar-refractivity contribution in [1.82, 2.24) is 10.1 Å². The maximum atomic E-state index is 13.0. The second-order valence-electron chi connectivity index (χ2n) is 8.01. The largest absolute Gasteiger partial charge is 0.447 e. The zero-order valence-electron chi connectivity index (χ0n) is 18.5. The number of hydrogen-bond acceptors (Lipinski definition) is 7. The van der Waals surface area contributed by atoms with Crippen LogP contribution in [0.15, 0.2) is 53.1 Å². The molecule has 3 aromatic rings. The van der Waals surface area contributed by atoms with E-state index in [1.54, 1.807) is 48.5 Å². The molecule has 2 N–H and O–H groups in total. The fraction of sp³-hybridized carbons (Fsp3) is 0.304. The molecule has 2 aromatic carbocycles. The number of nitrogens with one attached hydrogen (secondary N) is 2. The molecule has 0 radical (unpaired) electrons. The van der Waals surface area contributed by atoms with E-state index in [0.717, 1.165) is 0 Å². The number of carbonyl (C=O) groups excluding carboxylic acids is 2. The average molecular weight is 438 g/mol. The van der Waals surface area contributed by atoms with Gasteiger partial charge in [-0.3, -0.25) is 10.1 Å². The summed E-state index contributed by atoms with van der Waals surface area (Å²) in [4.78, 5) is 29.3. The van der Waals surface area contributed by atoms with E-state index < -0.39 is 6.09 Å². The average Bonchev–Trinajstić information content (AvgIpc) is 3.25. The minimum atomic E-state index is -0.609. The zero-order chi connectivity index (χ0) is 23.1. The maximum absolute atomic E-state index is 13.0. The second-order valence-corrected chi connectivity index (χ2v) is 8.01. The summed E-state index contributed by atoms with van der Waals surface area (Å²) in [6, 6.07) is 13.7. The summed E-state index contributed by atoms with van der Waals surface area (Å²) >= 11 is 0. The molecule has 0 aliphatic heterocycles. The molecule has 2 amide bonds. The van der Waals surface area contributed by atoms with Gasteiger partial charge in [0.15, 0.2) is 5.82 Å². The van der Waals surface area contributed by atoms with Gasteiger partial charge < -0.3 is 19.3 Å². The number of hydrogen-bond donors (Lipinski definition) is 2. The number of amides is 2. The van der Waals surface area contributed by atoms with Crippen LogP contribution in [-0.2, 0) is 14.9 Å². The minimum Gasteiger partial charge on any atom is -0.447 e. The van der Waals surface area contributed by atoms with Gasteiger partial charge >= 0.3 is 6.09 Å². The summed E-state index contributed by atoms with van der Waals surface area (Å²) < 4.78 is 15.2. The normalized spacial score (nSPS) is 11.1. The highest BCUT2D eigenvalue weighted by molar-refractivity contribution is 6.08. The molecule has 168 valence electrons. The van der Waals surface area contributed by atoms with E-state index >= 15 is 0 Å². The van der Waals surface area contributed by atoms with Gasteiger partial charge in [0.25, 0.3) is 11.8 Å². The third kappa shape index (κ3) is 5.92. The highest BCUT2D eigenvalue weighted by Crippen LogP contribution is 2.27. The first kappa shape index (κ1) is 23.0. The van der Waals surface area contributed by atoms with Crippen LogP contribution >= 0.6 is 0 Å². The van der Waals surface area contributed by atoms with Crippen LogP contribution in [0.5, 0.6) is 0 Å². The summed E-state index contributed by atoms with van der Waals surface area (Å²) in [7, 11) is 1.52. The molecule has 0 unspecified atom stereocenters. The molecule has 0 bridgehead atoms. The van der Waals surface area contributed by atoms with Gasteiger partial charge in [0.1, 0.15) is 6.61 Å². The van der Waals surface area contributed by atoms with E-state index in [9.17, 15) is 9.59 Å². The number of rotatable bonds is 7. The predicted octanol–water partition coefficient (Wildman–Crippen LogP) is 4.48. The molecule has 1 aromatic heterocycles. The molecule has 3 rings (SSSR count). The number of ether oxygens (including phenoxy) is 2. The van der Waals surface area contributed by atoms with Crippen LogP contribution in [0.4, 0.5) is 16.2 Å². The van der Waals surface area contributed by atoms with Crippen LogP contribution in [0.2, 0.25) is 0 Å². The molecule has 0 aliphatic carbocycles. The van der Waals surface area contributed by atoms with E-state index in [4.69, 9.17) is 14.0 Å². The van der Waals surface area contributed by atoms with Gasteiger partial charge in [-0.25, -0.2) is 4.79 Å². The predicted molar refractivity (Wildman–Crippen MR) is 120 cm³/mol. The first-order valence-corrected chi connectivity index (χ1v) is 10.1. The molecule has 9 nitrogen and oxygen atoms in total. The third-order valence-corrected chi connectivity index (χ3v) is 4.39. The van der Waals surface area contributed by atoms with E-state index in [0.29, 0.717) is 34.9 Å². The fourth-order valence-corrected chi connectivity index (χ4v) is 2.75. The lowest BCUT2D eigenvalue weighted by molar-refractivity contribution is 0.102. The Bertz CT molecular complexity index is 1090. The van der Waals surface area contributed by atoms with Crippen molar-refractivity contribution in [2.45, 2.75) is 26.2 Å². The van der Waals surface area contributed by atoms with Gasteiger partial charge in [0.05, 0.1) is 17.7 Å². The fourth-order valence-electron chi connectivity index (χ4n) is 2.75. The Morgan fingerprint density at radius 3 is 2.41 bits per heavy atom. The van der Waals surface area contributed by atoms with Crippen LogP contribution in [0.25, 0.3) is 11.5 Å². The molecule has 1 heterocycles. The van der Waals surface area contributed by atoms with Crippen LogP contribution in [0, 0.1) is 0 Å². The molecular formula is C23H26N4O5. The highest BCUT2D eigenvalue weighted by Gasteiger charge is 2.23. The molecule has 9 heteroatoms. The molecule has 0 spiro atoms. The van der Waals surface area contributed by atoms with Crippen molar-refractivity contribution < 1.29 is 23.6 Å². The number of anilines is 2. The van der Waals surface area contributed by atoms with Crippen LogP contribution in [0.1, 0.15) is 37.0 Å². The Labute approximate surface area is 186 Å². The van der Waals surface area contributed by atoms with Crippen LogP contribution in [-0.4, -0.2) is 42.5 Å². The third-order valence-electron chi connectivity index (χ3n) is 4.39. The van der Waals surface area contributed by atoms with Crippen LogP contribution in [0.3, 0.4) is 0 Å². The second kappa shape index (κ2) is 10.1. The summed E-state index contributed by atoms with van der Waals surface area (Å²) in [5, 5.41) is 9.47. The number of benzene rings is 2. The lowest BCUT2D eigenvalue weighted by Crippen LogP contribution is -2.17. The Hall–Kier alpha value is -3.72. The van der Waals surface area contributed by atoms with E-state index in [2.05, 4.69) is 20.8 Å². The minimum absolute atomic E-state index is 0.141. The van der Waals surface area contributed by atoms with Gasteiger partial charge in [0.2, 0.25) is 0 Å². The summed E-state index contributed by atoms with van der Waals surface area (Å²) in [6.45, 7) is 6.39. The monoisotopic (exact) mass is 438 g/mol. The Morgan fingerprint density at radius 2 is 1.72 bits per heavy atom. The molecule has 0 saturated carbocycles. The highest BCUT2D eigenvalue weighted by atomic mass is 16.6. The molecular weight excluding hydrogens is 412 g/mol. The molecule has 0 atom stereocenters. The number of methoxy groups -OCH3 is 1. The van der Waals surface area contributed by atoms with Gasteiger partial charge in [-0.05, 0) is 30.3 Å². The molecule has 32 heavy (non-hydrogen) atoms. The topological polar surface area (TPSA) is 116 Å².